The molecule has 0 spiro atoms. The molecule has 12 heteroatoms. The zero-order chi connectivity index (χ0) is 14.9. The number of anilines is 2. The zero-order valence-electron chi connectivity index (χ0n) is 9.48. The number of nitrogens with one attached hydrogen (secondary N) is 1. The first-order chi connectivity index (χ1) is 9.31. The number of halogens is 1. The van der Waals surface area contributed by atoms with Crippen molar-refractivity contribution in [2.24, 2.45) is 0 Å². The van der Waals surface area contributed by atoms with Crippen molar-refractivity contribution in [3.05, 3.63) is 33.6 Å². The summed E-state index contributed by atoms with van der Waals surface area (Å²) >= 11 is 0.880. The molecule has 3 N–H and O–H groups in total. The smallest absolute Gasteiger partial charge is 0.274 e. The molecule has 0 aliphatic rings. The molecule has 2 aromatic rings. The van der Waals surface area contributed by atoms with Gasteiger partial charge in [0.1, 0.15) is 10.4 Å². The predicted molar refractivity (Wildman–Crippen MR) is 68.2 cm³/mol. The molecule has 0 unspecified atom stereocenters. The Morgan fingerprint density at radius 3 is 2.65 bits per heavy atom. The summed E-state index contributed by atoms with van der Waals surface area (Å²) < 4.78 is 39.7. The Kier molecular flexibility index (Phi) is 3.50. The molecule has 0 amide bonds. The van der Waals surface area contributed by atoms with E-state index in [-0.39, 0.29) is 5.13 Å². The van der Waals surface area contributed by atoms with Crippen molar-refractivity contribution >= 4 is 37.9 Å². The van der Waals surface area contributed by atoms with Crippen LogP contribution < -0.4 is 10.5 Å². The molecular formula is C8H6FN5O4S2. The molecule has 9 nitrogen and oxygen atoms in total. The number of nitro benzene ring substituents is 1. The third kappa shape index (κ3) is 2.65. The number of hydrogen-bond donors (Lipinski definition) is 2. The van der Waals surface area contributed by atoms with Gasteiger partial charge in [-0.25, -0.2) is 12.8 Å². The highest BCUT2D eigenvalue weighted by atomic mass is 32.2. The second-order valence-corrected chi connectivity index (χ2v) is 5.90. The van der Waals surface area contributed by atoms with Gasteiger partial charge in [0.25, 0.3) is 15.7 Å². The van der Waals surface area contributed by atoms with Gasteiger partial charge in [0, 0.05) is 6.07 Å². The van der Waals surface area contributed by atoms with Gasteiger partial charge in [0.15, 0.2) is 5.82 Å². The number of nitrogens with zero attached hydrogens (tertiary/aromatic N) is 3. The van der Waals surface area contributed by atoms with Gasteiger partial charge in [-0.2, -0.15) is 0 Å². The molecule has 106 valence electrons. The van der Waals surface area contributed by atoms with Crippen LogP contribution in [0.15, 0.2) is 22.5 Å². The summed E-state index contributed by atoms with van der Waals surface area (Å²) in [5.74, 6) is -1.33. The quantitative estimate of drug-likeness (QED) is 0.485. The highest BCUT2D eigenvalue weighted by Crippen LogP contribution is 2.29. The number of hydrogen-bond acceptors (Lipinski definition) is 8. The number of rotatable bonds is 4. The fraction of sp³-hybridized carbons (Fsp3) is 0. The molecular weight excluding hydrogens is 313 g/mol. The van der Waals surface area contributed by atoms with Crippen LogP contribution in [-0.4, -0.2) is 23.5 Å². The molecule has 0 aliphatic heterocycles. The van der Waals surface area contributed by atoms with Crippen molar-refractivity contribution in [3.8, 4) is 0 Å². The first-order valence-corrected chi connectivity index (χ1v) is 7.20. The summed E-state index contributed by atoms with van der Waals surface area (Å²) in [5.41, 5.74) is 5.43. The second-order valence-electron chi connectivity index (χ2n) is 3.45. The summed E-state index contributed by atoms with van der Waals surface area (Å²) in [5, 5.41) is 17.3. The fourth-order valence-electron chi connectivity index (χ4n) is 1.37. The number of benzene rings is 1. The first kappa shape index (κ1) is 14.1. The van der Waals surface area contributed by atoms with Crippen molar-refractivity contribution in [1.82, 2.24) is 10.2 Å². The van der Waals surface area contributed by atoms with Crippen LogP contribution in [0.4, 0.5) is 20.9 Å². The Bertz CT molecular complexity index is 738. The first-order valence-electron chi connectivity index (χ1n) is 4.83. The van der Waals surface area contributed by atoms with Gasteiger partial charge in [-0.3, -0.25) is 14.8 Å². The molecule has 0 saturated carbocycles. The minimum absolute atomic E-state index is 0.0813. The fourth-order valence-corrected chi connectivity index (χ4v) is 3.24. The maximum atomic E-state index is 13.8. The molecule has 1 aromatic heterocycles. The van der Waals surface area contributed by atoms with E-state index < -0.39 is 37.0 Å². The number of non-ortho nitro benzene ring substituents is 1. The molecule has 0 fully saturated rings. The van der Waals surface area contributed by atoms with Crippen LogP contribution in [0.1, 0.15) is 0 Å². The van der Waals surface area contributed by atoms with E-state index in [9.17, 15) is 22.9 Å². The standard InChI is InChI=1S/C8H6FN5O4S2/c9-5-1-4(14(15)16)2-6(10)7(5)20(17,18)13-8-12-11-3-19-8/h1-3H,10H2,(H,12,13). The van der Waals surface area contributed by atoms with E-state index >= 15 is 0 Å². The molecule has 0 bridgehead atoms. The minimum Gasteiger partial charge on any atom is -0.397 e. The van der Waals surface area contributed by atoms with Gasteiger partial charge in [-0.1, -0.05) is 11.3 Å². The third-order valence-electron chi connectivity index (χ3n) is 2.12. The van der Waals surface area contributed by atoms with Gasteiger partial charge in [0.2, 0.25) is 5.13 Å². The van der Waals surface area contributed by atoms with Gasteiger partial charge < -0.3 is 5.73 Å². The molecule has 1 heterocycles. The molecule has 0 saturated heterocycles. The normalized spacial score (nSPS) is 11.2. The van der Waals surface area contributed by atoms with Crippen LogP contribution in [0.5, 0.6) is 0 Å². The van der Waals surface area contributed by atoms with Crippen LogP contribution in [0, 0.1) is 15.9 Å². The minimum atomic E-state index is -4.35. The Morgan fingerprint density at radius 1 is 1.45 bits per heavy atom. The van der Waals surface area contributed by atoms with E-state index in [2.05, 4.69) is 10.2 Å². The molecule has 20 heavy (non-hydrogen) atoms. The Balaban J connectivity index is 2.49. The number of aromatic nitrogens is 2. The lowest BCUT2D eigenvalue weighted by Gasteiger charge is -2.08. The van der Waals surface area contributed by atoms with Crippen LogP contribution in [0.25, 0.3) is 0 Å². The number of sulfonamides is 1. The molecule has 1 aromatic carbocycles. The SMILES string of the molecule is Nc1cc([N+](=O)[O-])cc(F)c1S(=O)(=O)Nc1nncs1. The highest BCUT2D eigenvalue weighted by molar-refractivity contribution is 7.93. The summed E-state index contributed by atoms with van der Waals surface area (Å²) in [6.07, 6.45) is 0. The van der Waals surface area contributed by atoms with Crippen molar-refractivity contribution in [1.29, 1.82) is 0 Å². The summed E-state index contributed by atoms with van der Waals surface area (Å²) in [6, 6.07) is 1.24. The Morgan fingerprint density at radius 2 is 2.15 bits per heavy atom. The summed E-state index contributed by atoms with van der Waals surface area (Å²) in [6.45, 7) is 0. The van der Waals surface area contributed by atoms with Crippen LogP contribution in [-0.2, 0) is 10.0 Å². The van der Waals surface area contributed by atoms with Crippen LogP contribution >= 0.6 is 11.3 Å². The van der Waals surface area contributed by atoms with Crippen LogP contribution in [0.3, 0.4) is 0 Å². The number of nitrogen functional groups attached to an aromatic ring is 1. The van der Waals surface area contributed by atoms with Gasteiger partial charge in [-0.05, 0) is 0 Å². The average molecular weight is 319 g/mol. The lowest BCUT2D eigenvalue weighted by molar-refractivity contribution is -0.385. The van der Waals surface area contributed by atoms with Crippen molar-refractivity contribution in [3.63, 3.8) is 0 Å². The topological polar surface area (TPSA) is 141 Å². The van der Waals surface area contributed by atoms with E-state index in [1.165, 1.54) is 5.51 Å². The Labute approximate surface area is 115 Å². The van der Waals surface area contributed by atoms with Crippen LogP contribution in [0.2, 0.25) is 0 Å². The summed E-state index contributed by atoms with van der Waals surface area (Å²) in [7, 11) is -4.35. The van der Waals surface area contributed by atoms with Gasteiger partial charge in [0.05, 0.1) is 16.7 Å². The molecule has 0 radical (unpaired) electrons. The molecule has 0 atom stereocenters. The zero-order valence-corrected chi connectivity index (χ0v) is 11.1. The maximum Gasteiger partial charge on any atom is 0.274 e. The lowest BCUT2D eigenvalue weighted by Crippen LogP contribution is -2.16. The largest absolute Gasteiger partial charge is 0.397 e. The van der Waals surface area contributed by atoms with E-state index in [4.69, 9.17) is 5.73 Å². The van der Waals surface area contributed by atoms with Gasteiger partial charge in [-0.15, -0.1) is 10.2 Å². The van der Waals surface area contributed by atoms with Crippen molar-refractivity contribution in [2.75, 3.05) is 10.5 Å². The lowest BCUT2D eigenvalue weighted by atomic mass is 10.3. The Hall–Kier alpha value is -2.34. The molecule has 2 rings (SSSR count). The van der Waals surface area contributed by atoms with E-state index in [0.29, 0.717) is 6.07 Å². The molecule has 0 aliphatic carbocycles. The monoisotopic (exact) mass is 319 g/mol. The van der Waals surface area contributed by atoms with Crippen molar-refractivity contribution < 1.29 is 17.7 Å². The maximum absolute atomic E-state index is 13.8. The average Bonchev–Trinajstić information content (AvgIpc) is 2.79. The van der Waals surface area contributed by atoms with Gasteiger partial charge >= 0.3 is 0 Å². The summed E-state index contributed by atoms with van der Waals surface area (Å²) in [4.78, 5) is 8.77. The predicted octanol–water partition coefficient (Wildman–Crippen LogP) is 0.968. The van der Waals surface area contributed by atoms with E-state index in [0.717, 1.165) is 17.4 Å². The number of nitro groups is 1. The van der Waals surface area contributed by atoms with Crippen molar-refractivity contribution in [2.45, 2.75) is 4.90 Å². The second kappa shape index (κ2) is 4.97. The highest BCUT2D eigenvalue weighted by Gasteiger charge is 2.26. The van der Waals surface area contributed by atoms with E-state index in [1.807, 2.05) is 4.72 Å². The van der Waals surface area contributed by atoms with E-state index in [1.54, 1.807) is 0 Å². The third-order valence-corrected chi connectivity index (χ3v) is 4.28. The number of nitrogens with two attached hydrogens (primary N) is 1.